The molecule has 0 aliphatic carbocycles. The lowest BCUT2D eigenvalue weighted by Gasteiger charge is -2.14. The van der Waals surface area contributed by atoms with Gasteiger partial charge in [-0.15, -0.1) is 0 Å². The minimum absolute atomic E-state index is 0.135. The average Bonchev–Trinajstić information content (AvgIpc) is 2.58. The number of nitro benzene ring substituents is 1. The molecule has 9 nitrogen and oxygen atoms in total. The van der Waals surface area contributed by atoms with Crippen molar-refractivity contribution in [1.29, 1.82) is 0 Å². The quantitative estimate of drug-likeness (QED) is 0.301. The number of esters is 3. The lowest BCUT2D eigenvalue weighted by molar-refractivity contribution is -0.384. The Labute approximate surface area is 137 Å². The van der Waals surface area contributed by atoms with E-state index < -0.39 is 28.7 Å². The number of hydrogen-bond donors (Lipinski definition) is 0. The molecule has 0 atom stereocenters. The summed E-state index contributed by atoms with van der Waals surface area (Å²) in [6.07, 6.45) is -0.668. The molecule has 0 aliphatic rings. The van der Waals surface area contributed by atoms with Gasteiger partial charge >= 0.3 is 17.9 Å². The Morgan fingerprint density at radius 1 is 1.12 bits per heavy atom. The van der Waals surface area contributed by atoms with Crippen LogP contribution in [0.5, 0.6) is 0 Å². The normalized spacial score (nSPS) is 10.1. The van der Waals surface area contributed by atoms with E-state index in [-0.39, 0.29) is 25.1 Å². The summed E-state index contributed by atoms with van der Waals surface area (Å²) in [4.78, 5) is 44.9. The zero-order valence-electron chi connectivity index (χ0n) is 13.2. The van der Waals surface area contributed by atoms with Crippen LogP contribution in [0.3, 0.4) is 0 Å². The van der Waals surface area contributed by atoms with Crippen LogP contribution in [0.2, 0.25) is 0 Å². The van der Waals surface area contributed by atoms with Crippen molar-refractivity contribution in [1.82, 2.24) is 0 Å². The molecule has 0 saturated heterocycles. The van der Waals surface area contributed by atoms with Crippen molar-refractivity contribution >= 4 is 23.6 Å². The van der Waals surface area contributed by atoms with E-state index >= 15 is 0 Å². The summed E-state index contributed by atoms with van der Waals surface area (Å²) in [5, 5.41) is 10.7. The first kappa shape index (κ1) is 19.1. The molecule has 0 spiro atoms. The molecule has 0 N–H and O–H groups in total. The highest BCUT2D eigenvalue weighted by Crippen LogP contribution is 2.17. The Balaban J connectivity index is 2.73. The summed E-state index contributed by atoms with van der Waals surface area (Å²) >= 11 is 0. The Bertz CT molecular complexity index is 610. The molecule has 0 saturated carbocycles. The Morgan fingerprint density at radius 3 is 2.21 bits per heavy atom. The van der Waals surface area contributed by atoms with Gasteiger partial charge in [0.1, 0.15) is 6.61 Å². The number of non-ortho nitro benzene ring substituents is 1. The van der Waals surface area contributed by atoms with E-state index in [1.165, 1.54) is 18.2 Å². The molecule has 24 heavy (non-hydrogen) atoms. The second kappa shape index (κ2) is 9.23. The van der Waals surface area contributed by atoms with Crippen LogP contribution in [0.4, 0.5) is 5.69 Å². The molecule has 9 heteroatoms. The van der Waals surface area contributed by atoms with Crippen molar-refractivity contribution in [2.24, 2.45) is 5.92 Å². The minimum atomic E-state index is -1.05. The number of methoxy groups -OCH3 is 2. The third kappa shape index (κ3) is 6.03. The molecule has 0 heterocycles. The number of benzene rings is 1. The molecule has 1 aromatic rings. The summed E-state index contributed by atoms with van der Waals surface area (Å²) < 4.78 is 14.0. The van der Waals surface area contributed by atoms with E-state index in [0.29, 0.717) is 5.56 Å². The number of rotatable bonds is 8. The zero-order valence-corrected chi connectivity index (χ0v) is 13.2. The fourth-order valence-corrected chi connectivity index (χ4v) is 1.84. The van der Waals surface area contributed by atoms with Gasteiger partial charge in [-0.3, -0.25) is 24.5 Å². The van der Waals surface area contributed by atoms with Gasteiger partial charge in [-0.1, -0.05) is 12.1 Å². The molecule has 0 bridgehead atoms. The van der Waals surface area contributed by atoms with Crippen LogP contribution in [0.15, 0.2) is 24.3 Å². The smallest absolute Gasteiger partial charge is 0.310 e. The van der Waals surface area contributed by atoms with Crippen molar-refractivity contribution in [2.75, 3.05) is 14.2 Å². The first-order chi connectivity index (χ1) is 11.4. The van der Waals surface area contributed by atoms with Gasteiger partial charge < -0.3 is 14.2 Å². The fourth-order valence-electron chi connectivity index (χ4n) is 1.84. The number of hydrogen-bond acceptors (Lipinski definition) is 8. The number of nitro groups is 1. The first-order valence-electron chi connectivity index (χ1n) is 6.91. The van der Waals surface area contributed by atoms with Crippen LogP contribution < -0.4 is 0 Å². The minimum Gasteiger partial charge on any atom is -0.469 e. The van der Waals surface area contributed by atoms with E-state index in [1.54, 1.807) is 6.07 Å². The van der Waals surface area contributed by atoms with E-state index in [1.807, 2.05) is 0 Å². The van der Waals surface area contributed by atoms with E-state index in [2.05, 4.69) is 9.47 Å². The van der Waals surface area contributed by atoms with Crippen LogP contribution in [0.1, 0.15) is 18.4 Å². The molecule has 0 aromatic heterocycles. The summed E-state index contributed by atoms with van der Waals surface area (Å²) in [5.41, 5.74) is 0.275. The Hall–Kier alpha value is -2.97. The van der Waals surface area contributed by atoms with Gasteiger partial charge in [-0.2, -0.15) is 0 Å². The van der Waals surface area contributed by atoms with Crippen LogP contribution in [0.25, 0.3) is 0 Å². The third-order valence-electron chi connectivity index (χ3n) is 3.12. The molecule has 0 aliphatic heterocycles. The lowest BCUT2D eigenvalue weighted by atomic mass is 10.0. The predicted octanol–water partition coefficient (Wildman–Crippen LogP) is 1.38. The van der Waals surface area contributed by atoms with Crippen LogP contribution >= 0.6 is 0 Å². The Kier molecular flexibility index (Phi) is 7.34. The topological polar surface area (TPSA) is 122 Å². The molecule has 0 amide bonds. The Morgan fingerprint density at radius 2 is 1.71 bits per heavy atom. The average molecular weight is 339 g/mol. The SMILES string of the molecule is COC(=O)CC(CC(=O)OC)C(=O)OCc1cccc([N+](=O)[O-])c1. The van der Waals surface area contributed by atoms with Gasteiger partial charge in [-0.05, 0) is 5.56 Å². The maximum absolute atomic E-state index is 12.1. The number of ether oxygens (including phenoxy) is 3. The zero-order chi connectivity index (χ0) is 18.1. The maximum Gasteiger partial charge on any atom is 0.310 e. The largest absolute Gasteiger partial charge is 0.469 e. The van der Waals surface area contributed by atoms with E-state index in [0.717, 1.165) is 14.2 Å². The van der Waals surface area contributed by atoms with Crippen molar-refractivity contribution < 1.29 is 33.5 Å². The van der Waals surface area contributed by atoms with E-state index in [9.17, 15) is 24.5 Å². The van der Waals surface area contributed by atoms with E-state index in [4.69, 9.17) is 4.74 Å². The lowest BCUT2D eigenvalue weighted by Crippen LogP contribution is -2.24. The fraction of sp³-hybridized carbons (Fsp3) is 0.400. The predicted molar refractivity (Wildman–Crippen MR) is 79.6 cm³/mol. The number of carbonyl (C=O) groups excluding carboxylic acids is 3. The third-order valence-corrected chi connectivity index (χ3v) is 3.12. The standard InChI is InChI=1S/C15H17NO8/c1-22-13(17)7-11(8-14(18)23-2)15(19)24-9-10-4-3-5-12(6-10)16(20)21/h3-6,11H,7-9H2,1-2H3. The van der Waals surface area contributed by atoms with Crippen molar-refractivity contribution in [3.63, 3.8) is 0 Å². The van der Waals surface area contributed by atoms with Crippen LogP contribution in [-0.4, -0.2) is 37.1 Å². The summed E-state index contributed by atoms with van der Waals surface area (Å²) in [5.74, 6) is -3.19. The highest BCUT2D eigenvalue weighted by Gasteiger charge is 2.27. The van der Waals surface area contributed by atoms with Gasteiger partial charge in [-0.25, -0.2) is 0 Å². The van der Waals surface area contributed by atoms with Gasteiger partial charge in [0.2, 0.25) is 0 Å². The molecule has 0 radical (unpaired) electrons. The second-order valence-corrected chi connectivity index (χ2v) is 4.79. The van der Waals surface area contributed by atoms with Crippen molar-refractivity contribution in [2.45, 2.75) is 19.4 Å². The van der Waals surface area contributed by atoms with Gasteiger partial charge in [0.15, 0.2) is 0 Å². The summed E-state index contributed by atoms with van der Waals surface area (Å²) in [6, 6.07) is 5.59. The second-order valence-electron chi connectivity index (χ2n) is 4.79. The monoisotopic (exact) mass is 339 g/mol. The number of carbonyl (C=O) groups is 3. The molecular formula is C15H17NO8. The number of nitrogens with zero attached hydrogens (tertiary/aromatic N) is 1. The molecule has 1 aromatic carbocycles. The molecular weight excluding hydrogens is 322 g/mol. The van der Waals surface area contributed by atoms with Crippen LogP contribution in [0, 0.1) is 16.0 Å². The maximum atomic E-state index is 12.1. The highest BCUT2D eigenvalue weighted by molar-refractivity contribution is 5.84. The molecule has 0 fully saturated rings. The van der Waals surface area contributed by atoms with Gasteiger partial charge in [0, 0.05) is 12.1 Å². The van der Waals surface area contributed by atoms with Gasteiger partial charge in [0.25, 0.3) is 5.69 Å². The molecule has 1 rings (SSSR count). The van der Waals surface area contributed by atoms with Crippen molar-refractivity contribution in [3.05, 3.63) is 39.9 Å². The summed E-state index contributed by atoms with van der Waals surface area (Å²) in [7, 11) is 2.32. The molecule has 130 valence electrons. The van der Waals surface area contributed by atoms with Crippen molar-refractivity contribution in [3.8, 4) is 0 Å². The highest BCUT2D eigenvalue weighted by atomic mass is 16.6. The van der Waals surface area contributed by atoms with Gasteiger partial charge in [0.05, 0.1) is 37.9 Å². The molecule has 0 unspecified atom stereocenters. The summed E-state index contributed by atoms with van der Waals surface area (Å²) in [6.45, 7) is -0.223. The first-order valence-corrected chi connectivity index (χ1v) is 6.91. The van der Waals surface area contributed by atoms with Crippen LogP contribution in [-0.2, 0) is 35.2 Å².